The minimum Gasteiger partial charge on any atom is -0.350 e. The summed E-state index contributed by atoms with van der Waals surface area (Å²) in [6.45, 7) is 3.06. The first-order chi connectivity index (χ1) is 17.3. The monoisotopic (exact) mass is 490 g/mol. The quantitative estimate of drug-likeness (QED) is 0.454. The third kappa shape index (κ3) is 5.59. The summed E-state index contributed by atoms with van der Waals surface area (Å²) in [5, 5.41) is 15.6. The average Bonchev–Trinajstić information content (AvgIpc) is 3.41. The minimum absolute atomic E-state index is 0.0118. The summed E-state index contributed by atoms with van der Waals surface area (Å²) in [5.41, 5.74) is 1.77. The number of piperidine rings is 1. The van der Waals surface area contributed by atoms with Gasteiger partial charge in [-0.05, 0) is 73.5 Å². The van der Waals surface area contributed by atoms with Gasteiger partial charge in [0.15, 0.2) is 5.82 Å². The molecule has 0 bridgehead atoms. The zero-order valence-corrected chi connectivity index (χ0v) is 21.1. The fourth-order valence-corrected chi connectivity index (χ4v) is 6.47. The predicted molar refractivity (Wildman–Crippen MR) is 139 cm³/mol. The summed E-state index contributed by atoms with van der Waals surface area (Å²) in [6.07, 6.45) is 10.1. The van der Waals surface area contributed by atoms with Gasteiger partial charge in [0.25, 0.3) is 5.91 Å². The summed E-state index contributed by atoms with van der Waals surface area (Å²) in [7, 11) is 0. The number of carbonyl (C=O) groups is 1. The molecule has 1 aliphatic carbocycles. The highest BCUT2D eigenvalue weighted by atomic mass is 32.2. The van der Waals surface area contributed by atoms with Gasteiger partial charge in [-0.1, -0.05) is 56.0 Å². The molecule has 0 atom stereocenters. The van der Waals surface area contributed by atoms with E-state index in [1.54, 1.807) is 16.4 Å². The number of aromatic nitrogens is 4. The summed E-state index contributed by atoms with van der Waals surface area (Å²) in [6, 6.07) is 17.7. The van der Waals surface area contributed by atoms with E-state index < -0.39 is 0 Å². The van der Waals surface area contributed by atoms with Crippen molar-refractivity contribution in [2.45, 2.75) is 67.6 Å². The summed E-state index contributed by atoms with van der Waals surface area (Å²) >= 11 is 1.60. The Morgan fingerprint density at radius 2 is 1.63 bits per heavy atom. The van der Waals surface area contributed by atoms with Crippen molar-refractivity contribution in [3.05, 3.63) is 66.0 Å². The smallest absolute Gasteiger partial charge is 0.252 e. The van der Waals surface area contributed by atoms with Crippen molar-refractivity contribution in [2.24, 2.45) is 0 Å². The second-order valence-electron chi connectivity index (χ2n) is 9.64. The van der Waals surface area contributed by atoms with Gasteiger partial charge < -0.3 is 5.32 Å². The van der Waals surface area contributed by atoms with Crippen LogP contribution >= 0.6 is 11.8 Å². The number of amides is 1. The van der Waals surface area contributed by atoms with Crippen molar-refractivity contribution in [1.29, 1.82) is 0 Å². The maximum absolute atomic E-state index is 13.4. The van der Waals surface area contributed by atoms with Crippen LogP contribution in [-0.2, 0) is 5.75 Å². The second-order valence-corrected chi connectivity index (χ2v) is 10.7. The number of carbonyl (C=O) groups excluding carboxylic acids is 1. The van der Waals surface area contributed by atoms with Crippen LogP contribution in [0.2, 0.25) is 0 Å². The molecule has 0 unspecified atom stereocenters. The molecule has 3 aromatic rings. The molecular formula is C27H34N6OS. The number of tetrazole rings is 1. The molecule has 1 aromatic heterocycles. The maximum atomic E-state index is 13.4. The van der Waals surface area contributed by atoms with Crippen LogP contribution in [0.25, 0.3) is 5.69 Å². The van der Waals surface area contributed by atoms with Crippen LogP contribution in [0, 0.1) is 0 Å². The highest BCUT2D eigenvalue weighted by Gasteiger charge is 2.38. The lowest BCUT2D eigenvalue weighted by atomic mass is 9.79. The predicted octanol–water partition coefficient (Wildman–Crippen LogP) is 4.87. The first kappa shape index (κ1) is 24.0. The van der Waals surface area contributed by atoms with Crippen LogP contribution in [0.3, 0.4) is 0 Å². The Bertz CT molecular complexity index is 1110. The number of benzene rings is 2. The largest absolute Gasteiger partial charge is 0.350 e. The number of likely N-dealkylation sites (tertiary alicyclic amines) is 1. The van der Waals surface area contributed by atoms with Gasteiger partial charge in [0.2, 0.25) is 0 Å². The van der Waals surface area contributed by atoms with Gasteiger partial charge in [0.05, 0.1) is 17.0 Å². The van der Waals surface area contributed by atoms with E-state index in [0.29, 0.717) is 5.75 Å². The van der Waals surface area contributed by atoms with Crippen molar-refractivity contribution >= 4 is 17.7 Å². The molecule has 35 heavy (non-hydrogen) atoms. The van der Waals surface area contributed by atoms with Crippen molar-refractivity contribution in [3.63, 3.8) is 0 Å². The van der Waals surface area contributed by atoms with E-state index in [0.717, 1.165) is 28.5 Å². The van der Waals surface area contributed by atoms with Gasteiger partial charge in [-0.25, -0.2) is 0 Å². The maximum Gasteiger partial charge on any atom is 0.252 e. The van der Waals surface area contributed by atoms with Crippen molar-refractivity contribution in [2.75, 3.05) is 19.6 Å². The van der Waals surface area contributed by atoms with Crippen LogP contribution in [-0.4, -0.2) is 56.2 Å². The molecule has 0 spiro atoms. The van der Waals surface area contributed by atoms with Crippen LogP contribution in [0.1, 0.15) is 67.5 Å². The molecule has 1 amide bonds. The van der Waals surface area contributed by atoms with E-state index in [1.165, 1.54) is 64.5 Å². The molecule has 7 nitrogen and oxygen atoms in total. The normalized spacial score (nSPS) is 18.3. The number of hydrogen-bond donors (Lipinski definition) is 1. The van der Waals surface area contributed by atoms with E-state index in [1.807, 2.05) is 54.6 Å². The Morgan fingerprint density at radius 3 is 2.43 bits per heavy atom. The highest BCUT2D eigenvalue weighted by Crippen LogP contribution is 2.35. The molecular weight excluding hydrogens is 456 g/mol. The lowest BCUT2D eigenvalue weighted by Crippen LogP contribution is -2.58. The summed E-state index contributed by atoms with van der Waals surface area (Å²) in [4.78, 5) is 17.0. The van der Waals surface area contributed by atoms with Crippen molar-refractivity contribution < 1.29 is 4.79 Å². The molecule has 1 aliphatic heterocycles. The molecule has 0 radical (unpaired) electrons. The van der Waals surface area contributed by atoms with Gasteiger partial charge >= 0.3 is 0 Å². The Kier molecular flexibility index (Phi) is 7.79. The fraction of sp³-hybridized carbons (Fsp3) is 0.481. The van der Waals surface area contributed by atoms with Crippen LogP contribution in [0.5, 0.6) is 0 Å². The van der Waals surface area contributed by atoms with E-state index in [9.17, 15) is 4.79 Å². The average molecular weight is 491 g/mol. The second kappa shape index (κ2) is 11.4. The van der Waals surface area contributed by atoms with E-state index in [-0.39, 0.29) is 11.4 Å². The summed E-state index contributed by atoms with van der Waals surface area (Å²) < 4.78 is 1.75. The zero-order chi connectivity index (χ0) is 23.9. The van der Waals surface area contributed by atoms with Crippen molar-refractivity contribution in [1.82, 2.24) is 30.4 Å². The van der Waals surface area contributed by atoms with E-state index >= 15 is 0 Å². The first-order valence-corrected chi connectivity index (χ1v) is 13.8. The molecule has 5 rings (SSSR count). The molecule has 184 valence electrons. The van der Waals surface area contributed by atoms with Gasteiger partial charge in [0.1, 0.15) is 0 Å². The number of para-hydroxylation sites is 1. The van der Waals surface area contributed by atoms with E-state index in [4.69, 9.17) is 0 Å². The number of nitrogens with zero attached hydrogens (tertiary/aromatic N) is 5. The molecule has 1 saturated carbocycles. The fourth-order valence-electron chi connectivity index (χ4n) is 5.51. The standard InChI is InChI=1S/C27H34N6OS/c34-26(28-21-27(16-8-2-9-17-27)32-18-10-3-11-19-32)23-14-6-7-15-24(23)35-20-25-29-30-31-33(25)22-12-4-1-5-13-22/h1,4-7,12-15H,2-3,8-11,16-21H2,(H,28,34). The molecule has 2 heterocycles. The van der Waals surface area contributed by atoms with E-state index in [2.05, 4.69) is 25.7 Å². The number of hydrogen-bond acceptors (Lipinski definition) is 6. The number of rotatable bonds is 8. The Balaban J connectivity index is 1.27. The Hall–Kier alpha value is -2.71. The van der Waals surface area contributed by atoms with Gasteiger partial charge in [-0.2, -0.15) is 4.68 Å². The topological polar surface area (TPSA) is 75.9 Å². The Morgan fingerprint density at radius 1 is 0.914 bits per heavy atom. The molecule has 8 heteroatoms. The van der Waals surface area contributed by atoms with Crippen LogP contribution < -0.4 is 5.32 Å². The molecule has 2 fully saturated rings. The van der Waals surface area contributed by atoms with Crippen LogP contribution in [0.4, 0.5) is 0 Å². The van der Waals surface area contributed by atoms with Gasteiger partial charge in [-0.3, -0.25) is 9.69 Å². The Labute approximate surface area is 211 Å². The molecule has 1 saturated heterocycles. The summed E-state index contributed by atoms with van der Waals surface area (Å²) in [5.74, 6) is 1.34. The van der Waals surface area contributed by atoms with Crippen molar-refractivity contribution in [3.8, 4) is 5.69 Å². The SMILES string of the molecule is O=C(NCC1(N2CCCCC2)CCCCC1)c1ccccc1SCc1nnnn1-c1ccccc1. The molecule has 2 aromatic carbocycles. The van der Waals surface area contributed by atoms with Gasteiger partial charge in [-0.15, -0.1) is 16.9 Å². The number of thioether (sulfide) groups is 1. The number of nitrogens with one attached hydrogen (secondary N) is 1. The molecule has 2 aliphatic rings. The zero-order valence-electron chi connectivity index (χ0n) is 20.2. The third-order valence-electron chi connectivity index (χ3n) is 7.41. The molecule has 1 N–H and O–H groups in total. The first-order valence-electron chi connectivity index (χ1n) is 12.8. The lowest BCUT2D eigenvalue weighted by molar-refractivity contribution is 0.0326. The van der Waals surface area contributed by atoms with Gasteiger partial charge in [0, 0.05) is 17.0 Å². The van der Waals surface area contributed by atoms with Crippen LogP contribution in [0.15, 0.2) is 59.5 Å². The minimum atomic E-state index is 0.0118. The third-order valence-corrected chi connectivity index (χ3v) is 8.48. The highest BCUT2D eigenvalue weighted by molar-refractivity contribution is 7.98. The lowest BCUT2D eigenvalue weighted by Gasteiger charge is -2.48.